The Labute approximate surface area is 190 Å². The molecule has 0 fully saturated rings. The number of carbonyl (C=O) groups excluding carboxylic acids is 2. The summed E-state index contributed by atoms with van der Waals surface area (Å²) >= 11 is 3.38. The number of amides is 2. The Kier molecular flexibility index (Phi) is 9.10. The summed E-state index contributed by atoms with van der Waals surface area (Å²) in [6, 6.07) is 12.2. The monoisotopic (exact) mass is 485 g/mol. The maximum absolute atomic E-state index is 12.7. The number of ether oxygens (including phenoxy) is 2. The van der Waals surface area contributed by atoms with Gasteiger partial charge in [0.15, 0.2) is 0 Å². The van der Waals surface area contributed by atoms with Crippen molar-refractivity contribution < 1.29 is 19.1 Å². The lowest BCUT2D eigenvalue weighted by Crippen LogP contribution is -2.39. The lowest BCUT2D eigenvalue weighted by Gasteiger charge is -2.18. The molecule has 2 amide bonds. The molecule has 0 aliphatic rings. The summed E-state index contributed by atoms with van der Waals surface area (Å²) in [5.41, 5.74) is 3.62. The van der Waals surface area contributed by atoms with E-state index >= 15 is 0 Å². The number of halogens is 1. The van der Waals surface area contributed by atoms with Gasteiger partial charge in [-0.1, -0.05) is 35.7 Å². The van der Waals surface area contributed by atoms with Crippen LogP contribution in [0.5, 0.6) is 11.5 Å². The number of hydrogen-bond acceptors (Lipinski definition) is 5. The van der Waals surface area contributed by atoms with E-state index in [-0.39, 0.29) is 12.5 Å². The second-order valence-corrected chi connectivity index (χ2v) is 7.76. The molecule has 2 rings (SSSR count). The van der Waals surface area contributed by atoms with Crippen LogP contribution in [0, 0.1) is 24.2 Å². The van der Waals surface area contributed by atoms with Crippen molar-refractivity contribution in [1.29, 1.82) is 0 Å². The molecule has 0 saturated carbocycles. The predicted octanol–water partition coefficient (Wildman–Crippen LogP) is 3.83. The van der Waals surface area contributed by atoms with E-state index in [1.54, 1.807) is 63.4 Å². The van der Waals surface area contributed by atoms with Gasteiger partial charge in [-0.05, 0) is 48.4 Å². The topological polar surface area (TPSA) is 89.0 Å². The van der Waals surface area contributed by atoms with Gasteiger partial charge in [0.05, 0.1) is 13.3 Å². The average molecular weight is 486 g/mol. The Balaban J connectivity index is 2.07. The van der Waals surface area contributed by atoms with Gasteiger partial charge in [-0.25, -0.2) is 5.43 Å². The molecule has 0 heterocycles. The fraction of sp³-hybridized carbons (Fsp3) is 0.261. The van der Waals surface area contributed by atoms with Gasteiger partial charge in [-0.3, -0.25) is 9.59 Å². The van der Waals surface area contributed by atoms with E-state index < -0.39 is 17.7 Å². The van der Waals surface area contributed by atoms with Gasteiger partial charge in [-0.2, -0.15) is 5.10 Å². The number of hydrogen-bond donors (Lipinski definition) is 2. The van der Waals surface area contributed by atoms with E-state index in [9.17, 15) is 9.59 Å². The van der Waals surface area contributed by atoms with Gasteiger partial charge in [-0.15, -0.1) is 6.42 Å². The van der Waals surface area contributed by atoms with Crippen molar-refractivity contribution in [2.24, 2.45) is 16.9 Å². The van der Waals surface area contributed by atoms with Crippen LogP contribution in [-0.2, 0) is 9.59 Å². The Morgan fingerprint density at radius 3 is 2.52 bits per heavy atom. The standard InChI is InChI=1S/C23H24BrN3O4/c1-5-12-31-20-11-6-17(24)13-16(20)14-25-27-23(29)21(15(2)3)22(28)26-18-7-9-19(30-4)10-8-18/h1,6-11,13-15,21H,12H2,2-4H3,(H,26,28)(H,27,29). The van der Waals surface area contributed by atoms with Crippen LogP contribution in [-0.4, -0.2) is 31.7 Å². The fourth-order valence-electron chi connectivity index (χ4n) is 2.72. The van der Waals surface area contributed by atoms with Crippen molar-refractivity contribution in [3.8, 4) is 23.8 Å². The number of benzene rings is 2. The highest BCUT2D eigenvalue weighted by atomic mass is 79.9. The minimum Gasteiger partial charge on any atom is -0.497 e. The van der Waals surface area contributed by atoms with Gasteiger partial charge in [0, 0.05) is 15.7 Å². The molecule has 2 aromatic rings. The maximum atomic E-state index is 12.7. The van der Waals surface area contributed by atoms with Crippen molar-refractivity contribution in [2.45, 2.75) is 13.8 Å². The molecule has 7 nitrogen and oxygen atoms in total. The van der Waals surface area contributed by atoms with Crippen LogP contribution in [0.1, 0.15) is 19.4 Å². The van der Waals surface area contributed by atoms with Crippen LogP contribution in [0.25, 0.3) is 0 Å². The average Bonchev–Trinajstić information content (AvgIpc) is 2.73. The first-order valence-electron chi connectivity index (χ1n) is 9.49. The number of terminal acetylenes is 1. The van der Waals surface area contributed by atoms with Crippen LogP contribution in [0.2, 0.25) is 0 Å². The summed E-state index contributed by atoms with van der Waals surface area (Å²) < 4.78 is 11.4. The molecule has 8 heteroatoms. The predicted molar refractivity (Wildman–Crippen MR) is 124 cm³/mol. The molecule has 2 N–H and O–H groups in total. The highest BCUT2D eigenvalue weighted by Gasteiger charge is 2.30. The van der Waals surface area contributed by atoms with E-state index in [4.69, 9.17) is 15.9 Å². The van der Waals surface area contributed by atoms with Gasteiger partial charge in [0.1, 0.15) is 24.0 Å². The molecule has 1 unspecified atom stereocenters. The van der Waals surface area contributed by atoms with Crippen molar-refractivity contribution >= 4 is 39.6 Å². The van der Waals surface area contributed by atoms with Gasteiger partial charge in [0.25, 0.3) is 5.91 Å². The third-order valence-corrected chi connectivity index (χ3v) is 4.74. The SMILES string of the molecule is C#CCOc1ccc(Br)cc1C=NNC(=O)C(C(=O)Nc1ccc(OC)cc1)C(C)C. The van der Waals surface area contributed by atoms with E-state index in [1.807, 2.05) is 0 Å². The zero-order valence-electron chi connectivity index (χ0n) is 17.5. The molecule has 162 valence electrons. The first-order chi connectivity index (χ1) is 14.8. The highest BCUT2D eigenvalue weighted by Crippen LogP contribution is 2.22. The number of hydrazone groups is 1. The third-order valence-electron chi connectivity index (χ3n) is 4.25. The summed E-state index contributed by atoms with van der Waals surface area (Å²) in [4.78, 5) is 25.4. The molecule has 0 bridgehead atoms. The minimum atomic E-state index is -0.932. The van der Waals surface area contributed by atoms with Crippen molar-refractivity contribution in [3.63, 3.8) is 0 Å². The zero-order chi connectivity index (χ0) is 22.8. The molecule has 0 aromatic heterocycles. The third kappa shape index (κ3) is 7.15. The van der Waals surface area contributed by atoms with Crippen LogP contribution in [0.15, 0.2) is 52.0 Å². The molecule has 31 heavy (non-hydrogen) atoms. The molecule has 0 aliphatic heterocycles. The number of methoxy groups -OCH3 is 1. The minimum absolute atomic E-state index is 0.107. The quantitative estimate of drug-likeness (QED) is 0.244. The Hall–Kier alpha value is -3.31. The van der Waals surface area contributed by atoms with E-state index in [0.717, 1.165) is 4.47 Å². The second-order valence-electron chi connectivity index (χ2n) is 6.85. The van der Waals surface area contributed by atoms with Crippen molar-refractivity contribution in [2.75, 3.05) is 19.0 Å². The summed E-state index contributed by atoms with van der Waals surface area (Å²) in [5.74, 6) is 1.48. The van der Waals surface area contributed by atoms with E-state index in [1.165, 1.54) is 6.21 Å². The van der Waals surface area contributed by atoms with Gasteiger partial charge >= 0.3 is 0 Å². The smallest absolute Gasteiger partial charge is 0.252 e. The Bertz CT molecular complexity index is 981. The zero-order valence-corrected chi connectivity index (χ0v) is 19.1. The summed E-state index contributed by atoms with van der Waals surface area (Å²) in [6.45, 7) is 3.69. The largest absolute Gasteiger partial charge is 0.497 e. The Morgan fingerprint density at radius 2 is 1.90 bits per heavy atom. The van der Waals surface area contributed by atoms with Crippen LogP contribution < -0.4 is 20.2 Å². The molecule has 0 saturated heterocycles. The molecule has 0 radical (unpaired) electrons. The number of anilines is 1. The van der Waals surface area contributed by atoms with Crippen LogP contribution >= 0.6 is 15.9 Å². The second kappa shape index (κ2) is 11.8. The lowest BCUT2D eigenvalue weighted by atomic mass is 9.94. The number of rotatable bonds is 9. The molecular weight excluding hydrogens is 462 g/mol. The lowest BCUT2D eigenvalue weighted by molar-refractivity contribution is -0.134. The van der Waals surface area contributed by atoms with E-state index in [0.29, 0.717) is 22.7 Å². The highest BCUT2D eigenvalue weighted by molar-refractivity contribution is 9.10. The summed E-state index contributed by atoms with van der Waals surface area (Å²) in [7, 11) is 1.56. The number of nitrogens with zero attached hydrogens (tertiary/aromatic N) is 1. The first kappa shape index (κ1) is 24.0. The van der Waals surface area contributed by atoms with Gasteiger partial charge in [0.2, 0.25) is 5.91 Å². The Morgan fingerprint density at radius 1 is 1.19 bits per heavy atom. The van der Waals surface area contributed by atoms with Crippen molar-refractivity contribution in [1.82, 2.24) is 5.43 Å². The maximum Gasteiger partial charge on any atom is 0.252 e. The molecule has 2 aromatic carbocycles. The molecular formula is C23H24BrN3O4. The molecule has 0 spiro atoms. The van der Waals surface area contributed by atoms with E-state index in [2.05, 4.69) is 37.7 Å². The summed E-state index contributed by atoms with van der Waals surface area (Å²) in [5, 5.41) is 6.74. The molecule has 0 aliphatic carbocycles. The number of nitrogens with one attached hydrogen (secondary N) is 2. The first-order valence-corrected chi connectivity index (χ1v) is 10.3. The number of carbonyl (C=O) groups is 2. The van der Waals surface area contributed by atoms with Crippen molar-refractivity contribution in [3.05, 3.63) is 52.5 Å². The fourth-order valence-corrected chi connectivity index (χ4v) is 3.10. The van der Waals surface area contributed by atoms with Gasteiger partial charge < -0.3 is 14.8 Å². The van der Waals surface area contributed by atoms with Crippen LogP contribution in [0.3, 0.4) is 0 Å². The van der Waals surface area contributed by atoms with Crippen LogP contribution in [0.4, 0.5) is 5.69 Å². The normalized spacial score (nSPS) is 11.6. The summed E-state index contributed by atoms with van der Waals surface area (Å²) in [6.07, 6.45) is 6.67. The molecule has 1 atom stereocenters.